The fourth-order valence-electron chi connectivity index (χ4n) is 2.88. The molecule has 1 aromatic carbocycles. The number of hydrogen-bond acceptors (Lipinski definition) is 5. The van der Waals surface area contributed by atoms with E-state index in [1.54, 1.807) is 24.3 Å². The van der Waals surface area contributed by atoms with Crippen LogP contribution in [0.1, 0.15) is 48.6 Å². The number of carboxylic acid groups (broad SMARTS) is 2. The summed E-state index contributed by atoms with van der Waals surface area (Å²) in [6, 6.07) is 7.99. The van der Waals surface area contributed by atoms with Crippen LogP contribution < -0.4 is 0 Å². The first kappa shape index (κ1) is 19.8. The van der Waals surface area contributed by atoms with Gasteiger partial charge in [-0.1, -0.05) is 18.6 Å². The normalized spacial score (nSPS) is 19.1. The Balaban J connectivity index is 2.08. The summed E-state index contributed by atoms with van der Waals surface area (Å²) in [6.45, 7) is 0. The van der Waals surface area contributed by atoms with Crippen LogP contribution in [0.3, 0.4) is 0 Å². The molecule has 1 heterocycles. The van der Waals surface area contributed by atoms with Crippen molar-refractivity contribution in [2.24, 2.45) is 0 Å². The van der Waals surface area contributed by atoms with Crippen molar-refractivity contribution in [1.82, 2.24) is 4.90 Å². The Morgan fingerprint density at radius 1 is 1.19 bits per heavy atom. The van der Waals surface area contributed by atoms with Gasteiger partial charge >= 0.3 is 11.9 Å². The van der Waals surface area contributed by atoms with Crippen LogP contribution in [0.25, 0.3) is 0 Å². The van der Waals surface area contributed by atoms with Crippen LogP contribution in [0.15, 0.2) is 24.3 Å². The minimum atomic E-state index is -1.05. The summed E-state index contributed by atoms with van der Waals surface area (Å²) in [6.07, 6.45) is 1.86. The van der Waals surface area contributed by atoms with E-state index in [0.29, 0.717) is 30.6 Å². The van der Waals surface area contributed by atoms with Crippen molar-refractivity contribution in [3.8, 4) is 6.07 Å². The molecular weight excluding hydrogens is 356 g/mol. The van der Waals surface area contributed by atoms with Gasteiger partial charge in [-0.15, -0.1) is 11.8 Å². The first-order valence-electron chi connectivity index (χ1n) is 8.31. The highest BCUT2D eigenvalue weighted by Gasteiger charge is 2.41. The van der Waals surface area contributed by atoms with E-state index < -0.39 is 23.4 Å². The van der Waals surface area contributed by atoms with Crippen LogP contribution in [0.4, 0.5) is 0 Å². The smallest absolute Gasteiger partial charge is 0.327 e. The molecule has 0 radical (unpaired) electrons. The SMILES string of the molecule is N#Cc1cccc(C2SC[C@@H](C(=O)O)N2C(=O)CCCCCC(=O)O)c1. The van der Waals surface area contributed by atoms with Gasteiger partial charge in [0.1, 0.15) is 11.4 Å². The number of carbonyl (C=O) groups is 3. The van der Waals surface area contributed by atoms with Gasteiger partial charge in [-0.25, -0.2) is 4.79 Å². The van der Waals surface area contributed by atoms with Crippen molar-refractivity contribution >= 4 is 29.6 Å². The number of aliphatic carboxylic acids is 2. The number of rotatable bonds is 8. The largest absolute Gasteiger partial charge is 0.481 e. The Kier molecular flexibility index (Phi) is 7.04. The number of nitriles is 1. The van der Waals surface area contributed by atoms with Gasteiger partial charge in [-0.2, -0.15) is 5.26 Å². The van der Waals surface area contributed by atoms with Gasteiger partial charge in [-0.3, -0.25) is 9.59 Å². The molecule has 1 saturated heterocycles. The van der Waals surface area contributed by atoms with Gasteiger partial charge in [0.25, 0.3) is 0 Å². The molecule has 2 rings (SSSR count). The van der Waals surface area contributed by atoms with Crippen molar-refractivity contribution < 1.29 is 24.6 Å². The predicted molar refractivity (Wildman–Crippen MR) is 95.3 cm³/mol. The van der Waals surface area contributed by atoms with Gasteiger partial charge in [0.15, 0.2) is 0 Å². The van der Waals surface area contributed by atoms with Crippen LogP contribution in [0.5, 0.6) is 0 Å². The summed E-state index contributed by atoms with van der Waals surface area (Å²) in [4.78, 5) is 36.1. The number of benzene rings is 1. The van der Waals surface area contributed by atoms with E-state index >= 15 is 0 Å². The van der Waals surface area contributed by atoms with Gasteiger partial charge < -0.3 is 15.1 Å². The molecule has 0 spiro atoms. The zero-order valence-electron chi connectivity index (χ0n) is 14.1. The van der Waals surface area contributed by atoms with E-state index in [4.69, 9.17) is 10.4 Å². The molecule has 1 aromatic rings. The van der Waals surface area contributed by atoms with E-state index in [1.807, 2.05) is 6.07 Å². The summed E-state index contributed by atoms with van der Waals surface area (Å²) >= 11 is 1.37. The Hall–Kier alpha value is -2.53. The van der Waals surface area contributed by atoms with Crippen LogP contribution >= 0.6 is 11.8 Å². The molecule has 0 aromatic heterocycles. The van der Waals surface area contributed by atoms with Crippen molar-refractivity contribution in [2.75, 3.05) is 5.75 Å². The Labute approximate surface area is 155 Å². The highest BCUT2D eigenvalue weighted by molar-refractivity contribution is 7.99. The fraction of sp³-hybridized carbons (Fsp3) is 0.444. The van der Waals surface area contributed by atoms with E-state index in [-0.39, 0.29) is 18.7 Å². The first-order chi connectivity index (χ1) is 12.4. The lowest BCUT2D eigenvalue weighted by Crippen LogP contribution is -2.42. The number of hydrogen-bond donors (Lipinski definition) is 2. The molecule has 1 aliphatic rings. The fourth-order valence-corrected chi connectivity index (χ4v) is 4.31. The standard InChI is InChI=1S/C18H20N2O5S/c19-10-12-5-4-6-13(9-12)17-20(14(11-26-17)18(24)25)15(21)7-2-1-3-8-16(22)23/h4-6,9,14,17H,1-3,7-8,11H2,(H,22,23)(H,24,25)/t14-,17?/m0/s1. The number of unbranched alkanes of at least 4 members (excludes halogenated alkanes) is 2. The summed E-state index contributed by atoms with van der Waals surface area (Å²) in [5.41, 5.74) is 1.19. The molecule has 0 aliphatic carbocycles. The summed E-state index contributed by atoms with van der Waals surface area (Å²) in [5, 5.41) is 26.7. The Bertz CT molecular complexity index is 731. The molecule has 0 saturated carbocycles. The predicted octanol–water partition coefficient (Wildman–Crippen LogP) is 2.62. The summed E-state index contributed by atoms with van der Waals surface area (Å²) < 4.78 is 0. The maximum Gasteiger partial charge on any atom is 0.327 e. The molecule has 7 nitrogen and oxygen atoms in total. The summed E-state index contributed by atoms with van der Waals surface area (Å²) in [5.74, 6) is -1.88. The second kappa shape index (κ2) is 9.25. The maximum atomic E-state index is 12.7. The molecule has 26 heavy (non-hydrogen) atoms. The Morgan fingerprint density at radius 3 is 2.58 bits per heavy atom. The van der Waals surface area contributed by atoms with Gasteiger partial charge in [0, 0.05) is 18.6 Å². The van der Waals surface area contributed by atoms with E-state index in [1.165, 1.54) is 16.7 Å². The van der Waals surface area contributed by atoms with Crippen molar-refractivity contribution in [3.63, 3.8) is 0 Å². The second-order valence-electron chi connectivity index (χ2n) is 6.03. The maximum absolute atomic E-state index is 12.7. The number of thioether (sulfide) groups is 1. The van der Waals surface area contributed by atoms with Crippen LogP contribution in [-0.2, 0) is 14.4 Å². The van der Waals surface area contributed by atoms with E-state index in [0.717, 1.165) is 5.56 Å². The highest BCUT2D eigenvalue weighted by atomic mass is 32.2. The quantitative estimate of drug-likeness (QED) is 0.669. The summed E-state index contributed by atoms with van der Waals surface area (Å²) in [7, 11) is 0. The third-order valence-electron chi connectivity index (χ3n) is 4.16. The zero-order chi connectivity index (χ0) is 19.1. The highest BCUT2D eigenvalue weighted by Crippen LogP contribution is 2.42. The lowest BCUT2D eigenvalue weighted by Gasteiger charge is -2.28. The number of carbonyl (C=O) groups excluding carboxylic acids is 1. The second-order valence-corrected chi connectivity index (χ2v) is 7.15. The molecule has 1 unspecified atom stereocenters. The average molecular weight is 376 g/mol. The minimum Gasteiger partial charge on any atom is -0.481 e. The van der Waals surface area contributed by atoms with Crippen LogP contribution in [0, 0.1) is 11.3 Å². The van der Waals surface area contributed by atoms with Crippen molar-refractivity contribution in [1.29, 1.82) is 5.26 Å². The van der Waals surface area contributed by atoms with Gasteiger partial charge in [-0.05, 0) is 30.5 Å². The average Bonchev–Trinajstić information content (AvgIpc) is 3.06. The van der Waals surface area contributed by atoms with Crippen molar-refractivity contribution in [2.45, 2.75) is 43.5 Å². The lowest BCUT2D eigenvalue weighted by molar-refractivity contribution is -0.149. The van der Waals surface area contributed by atoms with Crippen LogP contribution in [0.2, 0.25) is 0 Å². The molecular formula is C18H20N2O5S. The number of amides is 1. The molecule has 8 heteroatoms. The third-order valence-corrected chi connectivity index (χ3v) is 5.48. The minimum absolute atomic E-state index is 0.0646. The molecule has 138 valence electrons. The molecule has 1 aliphatic heterocycles. The monoisotopic (exact) mass is 376 g/mol. The topological polar surface area (TPSA) is 119 Å². The van der Waals surface area contributed by atoms with Crippen molar-refractivity contribution in [3.05, 3.63) is 35.4 Å². The first-order valence-corrected chi connectivity index (χ1v) is 9.36. The molecule has 1 amide bonds. The third kappa shape index (κ3) is 4.99. The molecule has 0 bridgehead atoms. The molecule has 2 atom stereocenters. The van der Waals surface area contributed by atoms with Gasteiger partial charge in [0.05, 0.1) is 11.6 Å². The molecule has 1 fully saturated rings. The van der Waals surface area contributed by atoms with E-state index in [9.17, 15) is 19.5 Å². The lowest BCUT2D eigenvalue weighted by atomic mass is 10.1. The zero-order valence-corrected chi connectivity index (χ0v) is 14.9. The molecule has 2 N–H and O–H groups in total. The van der Waals surface area contributed by atoms with Crippen LogP contribution in [-0.4, -0.2) is 44.8 Å². The van der Waals surface area contributed by atoms with E-state index in [2.05, 4.69) is 0 Å². The Morgan fingerprint density at radius 2 is 1.92 bits per heavy atom. The number of nitrogens with zero attached hydrogens (tertiary/aromatic N) is 2. The van der Waals surface area contributed by atoms with Gasteiger partial charge in [0.2, 0.25) is 5.91 Å². The number of carboxylic acids is 2.